The van der Waals surface area contributed by atoms with Gasteiger partial charge in [0.15, 0.2) is 41.3 Å². The van der Waals surface area contributed by atoms with Gasteiger partial charge in [-0.05, 0) is 39.3 Å². The van der Waals surface area contributed by atoms with Gasteiger partial charge in [0, 0.05) is 6.20 Å². The number of H-pyrrole nitrogens is 2. The van der Waals surface area contributed by atoms with Gasteiger partial charge in [-0.15, -0.1) is 0 Å². The van der Waals surface area contributed by atoms with Crippen LogP contribution in [0.2, 0.25) is 0 Å². The Labute approximate surface area is 341 Å². The summed E-state index contributed by atoms with van der Waals surface area (Å²) in [6, 6.07) is 0. The number of aliphatic hydroxyl groups is 1. The minimum Gasteiger partial charge on any atom is -0.387 e. The lowest BCUT2D eigenvalue weighted by Gasteiger charge is -2.25. The summed E-state index contributed by atoms with van der Waals surface area (Å²) >= 11 is 0. The van der Waals surface area contributed by atoms with Crippen LogP contribution in [0.1, 0.15) is 54.0 Å². The molecular formula is C33H52F2N10O13P2. The molecular weight excluding hydrogens is 844 g/mol. The van der Waals surface area contributed by atoms with Crippen LogP contribution in [0.3, 0.4) is 0 Å². The molecule has 4 aromatic heterocycles. The Bertz CT molecular complexity index is 2250. The van der Waals surface area contributed by atoms with Crippen LogP contribution in [0.25, 0.3) is 22.2 Å². The molecule has 336 valence electrons. The smallest absolute Gasteiger partial charge is 0.387 e. The number of anilines is 1. The van der Waals surface area contributed by atoms with Crippen LogP contribution in [0, 0.1) is 5.82 Å². The van der Waals surface area contributed by atoms with Crippen LogP contribution < -0.4 is 16.9 Å². The SMILES string of the molecule is CCN(CC)CC.CCN(CC)CC.Nc1nc2c(ncn2[C@@H]2O[C@@H]3COP(=O)(O)O[C@@H]4[C@H](O)[C@@H](COP(=O)(O)O[C@H]3[C@H]2F)O[C@H]4n2cc(F)c3c(=O)[nH]cnc32)c(=O)[nH]1. The normalized spacial score (nSPS) is 30.9. The van der Waals surface area contributed by atoms with Crippen molar-refractivity contribution in [3.63, 3.8) is 0 Å². The van der Waals surface area contributed by atoms with Crippen molar-refractivity contribution in [2.75, 3.05) is 58.2 Å². The van der Waals surface area contributed by atoms with Crippen LogP contribution >= 0.6 is 15.6 Å². The Morgan fingerprint density at radius 3 is 1.95 bits per heavy atom. The number of phosphoric ester groups is 2. The van der Waals surface area contributed by atoms with Gasteiger partial charge >= 0.3 is 15.6 Å². The number of nitrogens with one attached hydrogen (secondary N) is 2. The molecule has 7 rings (SSSR count). The molecule has 7 N–H and O–H groups in total. The molecule has 10 atom stereocenters. The van der Waals surface area contributed by atoms with Crippen molar-refractivity contribution in [3.05, 3.63) is 45.4 Å². The summed E-state index contributed by atoms with van der Waals surface area (Å²) < 4.78 is 90.2. The number of nitrogen functional groups attached to an aromatic ring is 1. The van der Waals surface area contributed by atoms with Crippen molar-refractivity contribution < 1.29 is 60.4 Å². The number of fused-ring (bicyclic) bond motifs is 5. The second-order valence-corrected chi connectivity index (χ2v) is 16.4. The number of alkyl halides is 1. The molecule has 0 aromatic carbocycles. The topological polar surface area (TPSA) is 297 Å². The second kappa shape index (κ2) is 20.1. The van der Waals surface area contributed by atoms with Crippen LogP contribution in [-0.2, 0) is 36.7 Å². The summed E-state index contributed by atoms with van der Waals surface area (Å²) in [5.41, 5.74) is 3.22. The van der Waals surface area contributed by atoms with Gasteiger partial charge in [-0.25, -0.2) is 27.9 Å². The molecule has 2 bridgehead atoms. The van der Waals surface area contributed by atoms with Gasteiger partial charge in [0.1, 0.15) is 35.9 Å². The Kier molecular flexibility index (Phi) is 15.9. The number of phosphoric acid groups is 2. The Hall–Kier alpha value is -3.55. The van der Waals surface area contributed by atoms with E-state index in [1.807, 2.05) is 0 Å². The number of aromatic amines is 2. The predicted molar refractivity (Wildman–Crippen MR) is 210 cm³/mol. The summed E-state index contributed by atoms with van der Waals surface area (Å²) in [5.74, 6) is -1.39. The van der Waals surface area contributed by atoms with E-state index in [-0.39, 0.29) is 22.8 Å². The van der Waals surface area contributed by atoms with Crippen molar-refractivity contribution in [1.29, 1.82) is 0 Å². The third-order valence-electron chi connectivity index (χ3n) is 10.1. The summed E-state index contributed by atoms with van der Waals surface area (Å²) in [7, 11) is -10.5. The Morgan fingerprint density at radius 1 is 0.833 bits per heavy atom. The van der Waals surface area contributed by atoms with Crippen molar-refractivity contribution in [2.45, 2.75) is 90.7 Å². The fraction of sp³-hybridized carbons (Fsp3) is 0.667. The number of hydrogen-bond donors (Lipinski definition) is 6. The van der Waals surface area contributed by atoms with E-state index >= 15 is 4.39 Å². The van der Waals surface area contributed by atoms with Gasteiger partial charge in [0.25, 0.3) is 11.1 Å². The van der Waals surface area contributed by atoms with E-state index in [1.165, 1.54) is 39.3 Å². The molecule has 7 heterocycles. The molecule has 0 saturated carbocycles. The Balaban J connectivity index is 0.000000420. The fourth-order valence-electron chi connectivity index (χ4n) is 6.79. The van der Waals surface area contributed by atoms with Crippen molar-refractivity contribution in [2.24, 2.45) is 0 Å². The van der Waals surface area contributed by atoms with E-state index in [9.17, 15) is 38.0 Å². The van der Waals surface area contributed by atoms with Crippen molar-refractivity contribution >= 4 is 43.8 Å². The van der Waals surface area contributed by atoms with Crippen molar-refractivity contribution in [3.8, 4) is 0 Å². The number of hydrogen-bond acceptors (Lipinski definition) is 17. The summed E-state index contributed by atoms with van der Waals surface area (Å²) in [4.78, 5) is 66.3. The molecule has 4 aromatic rings. The minimum atomic E-state index is -5.25. The zero-order valence-corrected chi connectivity index (χ0v) is 35.6. The predicted octanol–water partition coefficient (Wildman–Crippen LogP) is 1.79. The standard InChI is InChI=1S/C21H22F2N8O13P2.2C6H15N/c22-6-1-30(15-9(6)17(33)26-4-25-15)20-14-12(32)7(41-20)2-39-45(35,36)43-13-8(3-40-46(37,38)44-14)42-19(10(13)23)31-5-27-11-16(31)28-21(24)29-18(11)34;2*1-4-7(5-2)6-3/h1,4-5,7-8,10,12-14,19-20,32H,2-3H2,(H,35,36)(H,37,38)(H,25,26,33)(H3,24,28,29,34);2*4-6H2,1-3H3/t7-,8-,10-,12-,13-,14-,19-,20-;;/m1../s1. The molecule has 60 heavy (non-hydrogen) atoms. The highest BCUT2D eigenvalue weighted by molar-refractivity contribution is 7.47. The van der Waals surface area contributed by atoms with E-state index in [0.29, 0.717) is 0 Å². The third kappa shape index (κ3) is 10.5. The highest BCUT2D eigenvalue weighted by Crippen LogP contribution is 2.54. The molecule has 0 amide bonds. The summed E-state index contributed by atoms with van der Waals surface area (Å²) in [6.45, 7) is 18.3. The van der Waals surface area contributed by atoms with Gasteiger partial charge in [-0.1, -0.05) is 41.5 Å². The van der Waals surface area contributed by atoms with Gasteiger partial charge in [-0.2, -0.15) is 4.98 Å². The lowest BCUT2D eigenvalue weighted by Crippen LogP contribution is -2.35. The van der Waals surface area contributed by atoms with Gasteiger partial charge in [0.2, 0.25) is 5.95 Å². The first-order valence-corrected chi connectivity index (χ1v) is 22.3. The minimum absolute atomic E-state index is 0.220. The average Bonchev–Trinajstić information content (AvgIpc) is 3.94. The van der Waals surface area contributed by atoms with Crippen LogP contribution in [0.4, 0.5) is 14.7 Å². The number of nitrogens with zero attached hydrogens (tertiary/aromatic N) is 7. The number of imidazole rings is 1. The maximum absolute atomic E-state index is 15.9. The number of halogens is 2. The second-order valence-electron chi connectivity index (χ2n) is 13.6. The Morgan fingerprint density at radius 2 is 1.38 bits per heavy atom. The summed E-state index contributed by atoms with van der Waals surface area (Å²) in [6.07, 6.45) is -12.0. The monoisotopic (exact) mass is 896 g/mol. The molecule has 0 spiro atoms. The first kappa shape index (κ1) is 47.5. The molecule has 23 nitrogen and oxygen atoms in total. The van der Waals surface area contributed by atoms with E-state index in [2.05, 4.69) is 76.3 Å². The van der Waals surface area contributed by atoms with Gasteiger partial charge in [-0.3, -0.25) is 37.2 Å². The first-order valence-electron chi connectivity index (χ1n) is 19.3. The maximum atomic E-state index is 15.9. The number of aromatic nitrogens is 7. The van der Waals surface area contributed by atoms with Crippen LogP contribution in [-0.4, -0.2) is 148 Å². The molecule has 3 saturated heterocycles. The highest BCUT2D eigenvalue weighted by atomic mass is 31.2. The number of rotatable bonds is 8. The number of nitrogens with two attached hydrogens (primary N) is 1. The molecule has 0 radical (unpaired) electrons. The van der Waals surface area contributed by atoms with Gasteiger partial charge in [0.05, 0.1) is 25.9 Å². The lowest BCUT2D eigenvalue weighted by atomic mass is 10.1. The molecule has 27 heteroatoms. The van der Waals surface area contributed by atoms with E-state index in [0.717, 1.165) is 28.0 Å². The first-order chi connectivity index (χ1) is 28.4. The molecule has 3 fully saturated rings. The van der Waals surface area contributed by atoms with Crippen LogP contribution in [0.15, 0.2) is 28.4 Å². The maximum Gasteiger partial charge on any atom is 0.472 e. The zero-order valence-electron chi connectivity index (χ0n) is 33.8. The summed E-state index contributed by atoms with van der Waals surface area (Å²) in [5, 5.41) is 10.4. The third-order valence-corrected chi connectivity index (χ3v) is 12.1. The number of ether oxygens (including phenoxy) is 2. The average molecular weight is 897 g/mol. The molecule has 2 unspecified atom stereocenters. The zero-order chi connectivity index (χ0) is 44.1. The van der Waals surface area contributed by atoms with E-state index in [4.69, 9.17) is 33.3 Å². The molecule has 3 aliphatic heterocycles. The largest absolute Gasteiger partial charge is 0.472 e. The fourth-order valence-corrected chi connectivity index (χ4v) is 8.68. The lowest BCUT2D eigenvalue weighted by molar-refractivity contribution is -0.0670. The number of aliphatic hydroxyl groups excluding tert-OH is 1. The highest BCUT2D eigenvalue weighted by Gasteiger charge is 2.54. The molecule has 3 aliphatic rings. The molecule has 0 aliphatic carbocycles. The van der Waals surface area contributed by atoms with E-state index < -0.39 is 100 Å². The van der Waals surface area contributed by atoms with Crippen LogP contribution in [0.5, 0.6) is 0 Å². The van der Waals surface area contributed by atoms with E-state index in [1.54, 1.807) is 0 Å². The van der Waals surface area contributed by atoms with Gasteiger partial charge < -0.3 is 49.5 Å². The van der Waals surface area contributed by atoms with Crippen molar-refractivity contribution in [1.82, 2.24) is 43.9 Å². The quantitative estimate of drug-likeness (QED) is 0.137.